The highest BCUT2D eigenvalue weighted by Gasteiger charge is 2.74. The lowest BCUT2D eigenvalue weighted by molar-refractivity contribution is 0.225. The van der Waals surface area contributed by atoms with E-state index in [2.05, 4.69) is 17.1 Å². The van der Waals surface area contributed by atoms with Crippen LogP contribution in [0, 0.1) is 0 Å². The predicted molar refractivity (Wildman–Crippen MR) is 42.3 cm³/mol. The Kier molecular flexibility index (Phi) is 0.627. The normalized spacial score (nSPS) is 55.4. The Balaban J connectivity index is 1.73. The zero-order valence-electron chi connectivity index (χ0n) is 6.67. The van der Waals surface area contributed by atoms with Crippen molar-refractivity contribution in [2.75, 3.05) is 6.54 Å². The van der Waals surface area contributed by atoms with Crippen LogP contribution < -0.4 is 5.32 Å². The molecule has 4 unspecified atom stereocenters. The minimum atomic E-state index is 0.812. The number of nitrogens with one attached hydrogen (secondary N) is 1. The molecule has 0 bridgehead atoms. The highest BCUT2D eigenvalue weighted by Crippen LogP contribution is 2.63. The molecular formula is C9H12N2. The molecule has 4 aliphatic rings. The maximum Gasteiger partial charge on any atom is 0.0527 e. The van der Waals surface area contributed by atoms with E-state index >= 15 is 0 Å². The molecule has 2 heteroatoms. The highest BCUT2D eigenvalue weighted by molar-refractivity contribution is 5.68. The van der Waals surface area contributed by atoms with Crippen molar-refractivity contribution in [1.82, 2.24) is 10.2 Å². The summed E-state index contributed by atoms with van der Waals surface area (Å²) in [6, 6.07) is 3.35. The maximum absolute atomic E-state index is 3.64. The Morgan fingerprint density at radius 1 is 1.27 bits per heavy atom. The van der Waals surface area contributed by atoms with Gasteiger partial charge >= 0.3 is 0 Å². The number of hydrogen-bond acceptors (Lipinski definition) is 2. The highest BCUT2D eigenvalue weighted by atomic mass is 15.4. The molecule has 0 radical (unpaired) electrons. The van der Waals surface area contributed by atoms with Crippen molar-refractivity contribution in [3.8, 4) is 0 Å². The van der Waals surface area contributed by atoms with Crippen LogP contribution in [-0.4, -0.2) is 35.6 Å². The van der Waals surface area contributed by atoms with E-state index in [-0.39, 0.29) is 0 Å². The second-order valence-corrected chi connectivity index (χ2v) is 4.16. The van der Waals surface area contributed by atoms with Gasteiger partial charge in [-0.3, -0.25) is 4.90 Å². The first-order valence-electron chi connectivity index (χ1n) is 4.69. The van der Waals surface area contributed by atoms with Crippen LogP contribution in [0.5, 0.6) is 0 Å². The van der Waals surface area contributed by atoms with Crippen LogP contribution >= 0.6 is 0 Å². The summed E-state index contributed by atoms with van der Waals surface area (Å²) in [4.78, 5) is 2.70. The van der Waals surface area contributed by atoms with E-state index in [0.29, 0.717) is 0 Å². The average Bonchev–Trinajstić information content (AvgIpc) is 2.82. The van der Waals surface area contributed by atoms with Crippen molar-refractivity contribution in [3.05, 3.63) is 11.1 Å². The summed E-state index contributed by atoms with van der Waals surface area (Å²) >= 11 is 0. The molecule has 0 aromatic carbocycles. The number of hydrogen-bond donors (Lipinski definition) is 1. The number of fused-ring (bicyclic) bond motifs is 2. The zero-order valence-corrected chi connectivity index (χ0v) is 6.67. The third-order valence-electron chi connectivity index (χ3n) is 3.61. The van der Waals surface area contributed by atoms with Crippen LogP contribution in [0.4, 0.5) is 0 Å². The molecule has 0 amide bonds. The third-order valence-corrected chi connectivity index (χ3v) is 3.61. The molecule has 4 atom stereocenters. The van der Waals surface area contributed by atoms with Crippen LogP contribution in [0.1, 0.15) is 13.3 Å². The first kappa shape index (κ1) is 5.33. The predicted octanol–water partition coefficient (Wildman–Crippen LogP) is 0.113. The van der Waals surface area contributed by atoms with E-state index in [4.69, 9.17) is 0 Å². The second-order valence-electron chi connectivity index (χ2n) is 4.16. The Morgan fingerprint density at radius 2 is 1.91 bits per heavy atom. The number of piperazine rings is 1. The monoisotopic (exact) mass is 148 g/mol. The first-order chi connectivity index (χ1) is 5.43. The van der Waals surface area contributed by atoms with Gasteiger partial charge in [-0.25, -0.2) is 0 Å². The number of rotatable bonds is 2. The molecular weight excluding hydrogens is 136 g/mol. The smallest absolute Gasteiger partial charge is 0.0527 e. The molecule has 2 aliphatic heterocycles. The molecule has 2 nitrogen and oxygen atoms in total. The van der Waals surface area contributed by atoms with E-state index in [0.717, 1.165) is 24.2 Å². The zero-order chi connectivity index (χ0) is 7.16. The molecule has 2 saturated carbocycles. The van der Waals surface area contributed by atoms with Gasteiger partial charge in [0.25, 0.3) is 0 Å². The Morgan fingerprint density at radius 3 is 2.36 bits per heavy atom. The lowest BCUT2D eigenvalue weighted by Crippen LogP contribution is -2.43. The van der Waals surface area contributed by atoms with Gasteiger partial charge in [-0.05, 0) is 24.1 Å². The molecule has 2 fully saturated rings. The molecule has 0 aromatic rings. The van der Waals surface area contributed by atoms with E-state index in [9.17, 15) is 0 Å². The van der Waals surface area contributed by atoms with Gasteiger partial charge in [0.2, 0.25) is 0 Å². The summed E-state index contributed by atoms with van der Waals surface area (Å²) in [6.07, 6.45) is 1.31. The molecule has 1 N–H and O–H groups in total. The summed E-state index contributed by atoms with van der Waals surface area (Å²) in [5, 5.41) is 3.64. The van der Waals surface area contributed by atoms with E-state index in [1.807, 2.05) is 0 Å². The molecule has 0 saturated heterocycles. The van der Waals surface area contributed by atoms with Gasteiger partial charge in [0.1, 0.15) is 0 Å². The molecule has 58 valence electrons. The summed E-state index contributed by atoms with van der Waals surface area (Å²) in [5.74, 6) is 0. The summed E-state index contributed by atoms with van der Waals surface area (Å²) < 4.78 is 0. The average molecular weight is 148 g/mol. The van der Waals surface area contributed by atoms with Gasteiger partial charge in [0.05, 0.1) is 24.2 Å². The summed E-state index contributed by atoms with van der Waals surface area (Å²) in [7, 11) is 0. The van der Waals surface area contributed by atoms with Crippen molar-refractivity contribution < 1.29 is 0 Å². The molecule has 0 spiro atoms. The molecule has 0 aromatic heterocycles. The van der Waals surface area contributed by atoms with Crippen LogP contribution in [0.2, 0.25) is 0 Å². The maximum atomic E-state index is 3.64. The summed E-state index contributed by atoms with van der Waals surface area (Å²) in [6.45, 7) is 3.60. The minimum Gasteiger partial charge on any atom is -0.300 e. The lowest BCUT2D eigenvalue weighted by atomic mass is 10.3. The van der Waals surface area contributed by atoms with Crippen LogP contribution in [-0.2, 0) is 0 Å². The first-order valence-corrected chi connectivity index (χ1v) is 4.69. The Labute approximate surface area is 66.3 Å². The van der Waals surface area contributed by atoms with Gasteiger partial charge < -0.3 is 5.32 Å². The van der Waals surface area contributed by atoms with Crippen LogP contribution in [0.15, 0.2) is 11.1 Å². The standard InChI is InChI=1S/C9H12N2/c1-2-3-11-8-4-5-7(9(5)11)10-6(4)8/h6-10H,2-3H2,1H3. The second kappa shape index (κ2) is 1.29. The van der Waals surface area contributed by atoms with Crippen molar-refractivity contribution in [3.63, 3.8) is 0 Å². The molecule has 4 rings (SSSR count). The SMILES string of the molecule is CCCN1C2C3=C4C(NC32)C41. The lowest BCUT2D eigenvalue weighted by Gasteiger charge is -2.24. The van der Waals surface area contributed by atoms with Crippen LogP contribution in [0.3, 0.4) is 0 Å². The van der Waals surface area contributed by atoms with E-state index in [1.54, 1.807) is 11.1 Å². The van der Waals surface area contributed by atoms with E-state index in [1.165, 1.54) is 13.0 Å². The van der Waals surface area contributed by atoms with E-state index < -0.39 is 0 Å². The van der Waals surface area contributed by atoms with Crippen molar-refractivity contribution >= 4 is 0 Å². The molecule has 2 heterocycles. The Bertz CT molecular complexity index is 257. The fourth-order valence-corrected chi connectivity index (χ4v) is 3.20. The topological polar surface area (TPSA) is 15.3 Å². The van der Waals surface area contributed by atoms with Gasteiger partial charge in [-0.1, -0.05) is 6.92 Å². The van der Waals surface area contributed by atoms with Crippen molar-refractivity contribution in [2.24, 2.45) is 0 Å². The molecule has 11 heavy (non-hydrogen) atoms. The number of nitrogens with zero attached hydrogens (tertiary/aromatic N) is 1. The fraction of sp³-hybridized carbons (Fsp3) is 0.778. The van der Waals surface area contributed by atoms with Gasteiger partial charge in [-0.2, -0.15) is 0 Å². The van der Waals surface area contributed by atoms with Crippen molar-refractivity contribution in [2.45, 2.75) is 37.5 Å². The van der Waals surface area contributed by atoms with Gasteiger partial charge in [0.15, 0.2) is 0 Å². The largest absolute Gasteiger partial charge is 0.300 e. The minimum absolute atomic E-state index is 0.812. The van der Waals surface area contributed by atoms with Gasteiger partial charge in [0, 0.05) is 0 Å². The van der Waals surface area contributed by atoms with Crippen molar-refractivity contribution in [1.29, 1.82) is 0 Å². The Hall–Kier alpha value is -0.340. The molecule has 2 aliphatic carbocycles. The summed E-state index contributed by atoms with van der Waals surface area (Å²) in [5.41, 5.74) is 3.57. The quantitative estimate of drug-likeness (QED) is 0.559. The van der Waals surface area contributed by atoms with Crippen LogP contribution in [0.25, 0.3) is 0 Å². The fourth-order valence-electron chi connectivity index (χ4n) is 3.20. The van der Waals surface area contributed by atoms with Gasteiger partial charge in [-0.15, -0.1) is 0 Å². The third kappa shape index (κ3) is 0.379.